The Labute approximate surface area is 149 Å². The topological polar surface area (TPSA) is 75.3 Å². The summed E-state index contributed by atoms with van der Waals surface area (Å²) in [6, 6.07) is 5.92. The van der Waals surface area contributed by atoms with E-state index in [1.807, 2.05) is 19.0 Å². The van der Waals surface area contributed by atoms with Crippen LogP contribution in [-0.4, -0.2) is 55.0 Å². The van der Waals surface area contributed by atoms with Crippen LogP contribution >= 0.6 is 0 Å². The van der Waals surface area contributed by atoms with Crippen molar-refractivity contribution in [2.24, 2.45) is 5.73 Å². The SMILES string of the molecule is CN(C)CCN(C)c1nc(C(N)=O)cc(-c2ccc(C(F)(F)F)cc2)n1. The highest BCUT2D eigenvalue weighted by molar-refractivity contribution is 5.92. The first-order chi connectivity index (χ1) is 12.1. The Kier molecular flexibility index (Phi) is 5.81. The van der Waals surface area contributed by atoms with Gasteiger partial charge in [0.05, 0.1) is 11.3 Å². The number of likely N-dealkylation sites (N-methyl/N-ethyl adjacent to an activating group) is 2. The maximum Gasteiger partial charge on any atom is 0.416 e. The van der Waals surface area contributed by atoms with Crippen molar-refractivity contribution in [2.75, 3.05) is 39.1 Å². The molecule has 0 unspecified atom stereocenters. The second-order valence-corrected chi connectivity index (χ2v) is 6.10. The summed E-state index contributed by atoms with van der Waals surface area (Å²) in [5.41, 5.74) is 5.34. The molecule has 26 heavy (non-hydrogen) atoms. The van der Waals surface area contributed by atoms with Gasteiger partial charge in [-0.1, -0.05) is 12.1 Å². The molecule has 2 aromatic rings. The molecule has 140 valence electrons. The van der Waals surface area contributed by atoms with Gasteiger partial charge in [-0.25, -0.2) is 9.97 Å². The van der Waals surface area contributed by atoms with Crippen LogP contribution < -0.4 is 10.6 Å². The molecule has 0 radical (unpaired) electrons. The lowest BCUT2D eigenvalue weighted by Crippen LogP contribution is -2.30. The summed E-state index contributed by atoms with van der Waals surface area (Å²) >= 11 is 0. The highest BCUT2D eigenvalue weighted by atomic mass is 19.4. The molecule has 0 aliphatic heterocycles. The number of benzene rings is 1. The molecule has 2 rings (SSSR count). The van der Waals surface area contributed by atoms with Crippen molar-refractivity contribution >= 4 is 11.9 Å². The number of rotatable bonds is 6. The number of nitrogens with zero attached hydrogens (tertiary/aromatic N) is 4. The summed E-state index contributed by atoms with van der Waals surface area (Å²) in [4.78, 5) is 23.8. The van der Waals surface area contributed by atoms with Crippen molar-refractivity contribution in [1.29, 1.82) is 0 Å². The molecular formula is C17H20F3N5O. The number of amides is 1. The molecule has 0 fully saturated rings. The van der Waals surface area contributed by atoms with E-state index in [-0.39, 0.29) is 11.6 Å². The summed E-state index contributed by atoms with van der Waals surface area (Å²) in [5, 5.41) is 0. The molecule has 0 aliphatic carbocycles. The zero-order valence-electron chi connectivity index (χ0n) is 14.7. The van der Waals surface area contributed by atoms with Gasteiger partial charge in [0, 0.05) is 25.7 Å². The van der Waals surface area contributed by atoms with Gasteiger partial charge in [0.15, 0.2) is 0 Å². The summed E-state index contributed by atoms with van der Waals surface area (Å²) in [5.74, 6) is -0.458. The molecule has 1 heterocycles. The third-order valence-electron chi connectivity index (χ3n) is 3.70. The van der Waals surface area contributed by atoms with Gasteiger partial charge in [0.2, 0.25) is 5.95 Å². The molecule has 1 aromatic carbocycles. The van der Waals surface area contributed by atoms with Gasteiger partial charge < -0.3 is 15.5 Å². The largest absolute Gasteiger partial charge is 0.416 e. The smallest absolute Gasteiger partial charge is 0.364 e. The molecule has 0 bridgehead atoms. The van der Waals surface area contributed by atoms with Gasteiger partial charge in [-0.05, 0) is 32.3 Å². The number of aromatic nitrogens is 2. The number of halogens is 3. The Morgan fingerprint density at radius 1 is 1.08 bits per heavy atom. The molecule has 2 N–H and O–H groups in total. The van der Waals surface area contributed by atoms with E-state index in [1.54, 1.807) is 11.9 Å². The maximum absolute atomic E-state index is 12.7. The van der Waals surface area contributed by atoms with E-state index in [9.17, 15) is 18.0 Å². The van der Waals surface area contributed by atoms with E-state index in [2.05, 4.69) is 9.97 Å². The monoisotopic (exact) mass is 367 g/mol. The Hall–Kier alpha value is -2.68. The fourth-order valence-electron chi connectivity index (χ4n) is 2.16. The van der Waals surface area contributed by atoms with Crippen molar-refractivity contribution in [3.8, 4) is 11.3 Å². The van der Waals surface area contributed by atoms with Crippen molar-refractivity contribution < 1.29 is 18.0 Å². The molecule has 1 amide bonds. The number of primary amides is 1. The molecule has 0 atom stereocenters. The highest BCUT2D eigenvalue weighted by Crippen LogP contribution is 2.31. The van der Waals surface area contributed by atoms with Gasteiger partial charge in [-0.3, -0.25) is 4.79 Å². The van der Waals surface area contributed by atoms with E-state index in [0.717, 1.165) is 18.7 Å². The van der Waals surface area contributed by atoms with Gasteiger partial charge in [0.1, 0.15) is 5.69 Å². The lowest BCUT2D eigenvalue weighted by atomic mass is 10.1. The summed E-state index contributed by atoms with van der Waals surface area (Å²) in [6.07, 6.45) is -4.42. The molecule has 0 spiro atoms. The van der Waals surface area contributed by atoms with Crippen LogP contribution in [0, 0.1) is 0 Å². The summed E-state index contributed by atoms with van der Waals surface area (Å²) in [7, 11) is 5.60. The first kappa shape index (κ1) is 19.6. The average Bonchev–Trinajstić information content (AvgIpc) is 2.58. The number of hydrogen-bond donors (Lipinski definition) is 1. The van der Waals surface area contributed by atoms with Crippen molar-refractivity contribution in [2.45, 2.75) is 6.18 Å². The Bertz CT molecular complexity index is 775. The predicted octanol–water partition coefficient (Wildman–Crippen LogP) is 2.26. The minimum absolute atomic E-state index is 0.00148. The van der Waals surface area contributed by atoms with Crippen LogP contribution in [0.3, 0.4) is 0 Å². The molecule has 0 saturated carbocycles. The normalized spacial score (nSPS) is 11.7. The summed E-state index contributed by atoms with van der Waals surface area (Å²) < 4.78 is 38.1. The van der Waals surface area contributed by atoms with E-state index >= 15 is 0 Å². The van der Waals surface area contributed by atoms with E-state index < -0.39 is 17.6 Å². The second-order valence-electron chi connectivity index (χ2n) is 6.10. The third-order valence-corrected chi connectivity index (χ3v) is 3.70. The number of anilines is 1. The fraction of sp³-hybridized carbons (Fsp3) is 0.353. The van der Waals surface area contributed by atoms with Crippen molar-refractivity contribution in [3.05, 3.63) is 41.6 Å². The average molecular weight is 367 g/mol. The minimum Gasteiger partial charge on any atom is -0.364 e. The zero-order valence-corrected chi connectivity index (χ0v) is 14.7. The maximum atomic E-state index is 12.7. The Morgan fingerprint density at radius 2 is 1.69 bits per heavy atom. The third kappa shape index (κ3) is 4.92. The number of carbonyl (C=O) groups excluding carboxylic acids is 1. The van der Waals surface area contributed by atoms with Crippen LogP contribution in [0.5, 0.6) is 0 Å². The first-order valence-electron chi connectivity index (χ1n) is 7.80. The molecule has 0 saturated heterocycles. The first-order valence-corrected chi connectivity index (χ1v) is 7.80. The molecule has 6 nitrogen and oxygen atoms in total. The van der Waals surface area contributed by atoms with Crippen LogP contribution in [0.1, 0.15) is 16.1 Å². The number of alkyl halides is 3. The molecule has 9 heteroatoms. The van der Waals surface area contributed by atoms with Gasteiger partial charge >= 0.3 is 6.18 Å². The van der Waals surface area contributed by atoms with Crippen LogP contribution in [0.4, 0.5) is 19.1 Å². The summed E-state index contributed by atoms with van der Waals surface area (Å²) in [6.45, 7) is 1.33. The predicted molar refractivity (Wildman–Crippen MR) is 92.8 cm³/mol. The second kappa shape index (κ2) is 7.69. The van der Waals surface area contributed by atoms with Gasteiger partial charge in [0.25, 0.3) is 5.91 Å². The van der Waals surface area contributed by atoms with Crippen LogP contribution in [0.25, 0.3) is 11.3 Å². The molecule has 1 aromatic heterocycles. The zero-order chi connectivity index (χ0) is 19.5. The van der Waals surface area contributed by atoms with E-state index in [4.69, 9.17) is 5.73 Å². The Balaban J connectivity index is 2.40. The number of nitrogens with two attached hydrogens (primary N) is 1. The van der Waals surface area contributed by atoms with E-state index in [1.165, 1.54) is 18.2 Å². The van der Waals surface area contributed by atoms with Crippen LogP contribution in [0.2, 0.25) is 0 Å². The fourth-order valence-corrected chi connectivity index (χ4v) is 2.16. The van der Waals surface area contributed by atoms with Crippen LogP contribution in [0.15, 0.2) is 30.3 Å². The van der Waals surface area contributed by atoms with Crippen molar-refractivity contribution in [3.63, 3.8) is 0 Å². The van der Waals surface area contributed by atoms with Gasteiger partial charge in [-0.15, -0.1) is 0 Å². The quantitative estimate of drug-likeness (QED) is 0.848. The number of hydrogen-bond acceptors (Lipinski definition) is 5. The Morgan fingerprint density at radius 3 is 2.19 bits per heavy atom. The highest BCUT2D eigenvalue weighted by Gasteiger charge is 2.30. The molecule has 0 aliphatic rings. The van der Waals surface area contributed by atoms with Gasteiger partial charge in [-0.2, -0.15) is 13.2 Å². The minimum atomic E-state index is -4.42. The number of carbonyl (C=O) groups is 1. The van der Waals surface area contributed by atoms with E-state index in [0.29, 0.717) is 17.8 Å². The van der Waals surface area contributed by atoms with Crippen LogP contribution in [-0.2, 0) is 6.18 Å². The standard InChI is InChI=1S/C17H20F3N5O/c1-24(2)8-9-25(3)16-22-13(10-14(23-16)15(21)26)11-4-6-12(7-5-11)17(18,19)20/h4-7,10H,8-9H2,1-3H3,(H2,21,26). The van der Waals surface area contributed by atoms with Crippen molar-refractivity contribution in [1.82, 2.24) is 14.9 Å². The lowest BCUT2D eigenvalue weighted by molar-refractivity contribution is -0.137. The molecular weight excluding hydrogens is 347 g/mol. The lowest BCUT2D eigenvalue weighted by Gasteiger charge is -2.20.